The molecule has 0 saturated carbocycles. The van der Waals surface area contributed by atoms with E-state index in [-0.39, 0.29) is 11.4 Å². The number of nitro benzene ring substituents is 1. The van der Waals surface area contributed by atoms with Crippen molar-refractivity contribution in [3.63, 3.8) is 0 Å². The lowest BCUT2D eigenvalue weighted by Gasteiger charge is -2.11. The number of amides is 1. The second kappa shape index (κ2) is 10.2. The summed E-state index contributed by atoms with van der Waals surface area (Å²) < 4.78 is 21.9. The van der Waals surface area contributed by atoms with E-state index in [1.807, 2.05) is 30.3 Å². The van der Waals surface area contributed by atoms with E-state index >= 15 is 0 Å². The number of ether oxygens (including phenoxy) is 3. The molecule has 0 atom stereocenters. The zero-order valence-corrected chi connectivity index (χ0v) is 20.2. The highest BCUT2D eigenvalue weighted by Crippen LogP contribution is 2.38. The number of nitro groups is 1. The van der Waals surface area contributed by atoms with Gasteiger partial charge < -0.3 is 23.9 Å². The van der Waals surface area contributed by atoms with Crippen molar-refractivity contribution in [3.05, 3.63) is 82.6 Å². The first-order chi connectivity index (χ1) is 17.3. The Labute approximate surface area is 207 Å². The predicted molar refractivity (Wildman–Crippen MR) is 137 cm³/mol. The minimum Gasteiger partial charge on any atom is -0.497 e. The Morgan fingerprint density at radius 3 is 2.47 bits per heavy atom. The van der Waals surface area contributed by atoms with Gasteiger partial charge in [-0.2, -0.15) is 0 Å². The molecule has 0 unspecified atom stereocenters. The van der Waals surface area contributed by atoms with Gasteiger partial charge in [0.1, 0.15) is 22.8 Å². The first-order valence-corrected chi connectivity index (χ1v) is 10.9. The SMILES string of the molecule is COc1cccc(-c2coc3cc(OC)c(/C(C)=C/C(=O)Nc4ccc([N+](=O)[O-])cc4OC)cc23)c1. The first kappa shape index (κ1) is 24.3. The van der Waals surface area contributed by atoms with Crippen molar-refractivity contribution in [3.8, 4) is 28.4 Å². The number of nitrogens with zero attached hydrogens (tertiary/aromatic N) is 1. The molecule has 0 aliphatic heterocycles. The van der Waals surface area contributed by atoms with Gasteiger partial charge >= 0.3 is 0 Å². The third kappa shape index (κ3) is 4.85. The molecule has 1 heterocycles. The molecule has 3 aromatic carbocycles. The minimum absolute atomic E-state index is 0.137. The topological polar surface area (TPSA) is 113 Å². The molecule has 1 amide bonds. The average molecular weight is 488 g/mol. The number of non-ortho nitro benzene ring substituents is 1. The Morgan fingerprint density at radius 1 is 1.00 bits per heavy atom. The van der Waals surface area contributed by atoms with E-state index in [2.05, 4.69) is 5.32 Å². The summed E-state index contributed by atoms with van der Waals surface area (Å²) in [6.45, 7) is 1.79. The molecule has 1 aromatic heterocycles. The van der Waals surface area contributed by atoms with Crippen LogP contribution in [0.4, 0.5) is 11.4 Å². The number of anilines is 1. The van der Waals surface area contributed by atoms with Crippen molar-refractivity contribution >= 4 is 33.8 Å². The lowest BCUT2D eigenvalue weighted by molar-refractivity contribution is -0.384. The van der Waals surface area contributed by atoms with E-state index < -0.39 is 10.8 Å². The van der Waals surface area contributed by atoms with E-state index in [1.54, 1.807) is 33.5 Å². The summed E-state index contributed by atoms with van der Waals surface area (Å²) in [7, 11) is 4.54. The molecule has 0 bridgehead atoms. The monoisotopic (exact) mass is 488 g/mol. The number of fused-ring (bicyclic) bond motifs is 1. The average Bonchev–Trinajstić information content (AvgIpc) is 3.30. The van der Waals surface area contributed by atoms with Crippen molar-refractivity contribution in [2.75, 3.05) is 26.6 Å². The Bertz CT molecular complexity index is 1490. The highest BCUT2D eigenvalue weighted by molar-refractivity contribution is 6.06. The molecular weight excluding hydrogens is 464 g/mol. The van der Waals surface area contributed by atoms with Crippen molar-refractivity contribution in [1.82, 2.24) is 0 Å². The Balaban J connectivity index is 1.69. The quantitative estimate of drug-likeness (QED) is 0.182. The van der Waals surface area contributed by atoms with E-state index in [1.165, 1.54) is 31.4 Å². The van der Waals surface area contributed by atoms with Crippen LogP contribution in [0, 0.1) is 10.1 Å². The van der Waals surface area contributed by atoms with Crippen LogP contribution in [0.5, 0.6) is 17.2 Å². The molecule has 0 fully saturated rings. The van der Waals surface area contributed by atoms with Crippen molar-refractivity contribution in [1.29, 1.82) is 0 Å². The second-order valence-electron chi connectivity index (χ2n) is 7.89. The summed E-state index contributed by atoms with van der Waals surface area (Å²) in [6, 6.07) is 15.3. The molecule has 184 valence electrons. The molecule has 36 heavy (non-hydrogen) atoms. The van der Waals surface area contributed by atoms with Crippen LogP contribution in [0.2, 0.25) is 0 Å². The highest BCUT2D eigenvalue weighted by Gasteiger charge is 2.17. The number of carbonyl (C=O) groups excluding carboxylic acids is 1. The molecule has 0 spiro atoms. The van der Waals surface area contributed by atoms with Gasteiger partial charge in [0.15, 0.2) is 0 Å². The van der Waals surface area contributed by atoms with Gasteiger partial charge in [-0.15, -0.1) is 0 Å². The zero-order chi connectivity index (χ0) is 25.8. The summed E-state index contributed by atoms with van der Waals surface area (Å²) in [5, 5.41) is 14.6. The van der Waals surface area contributed by atoms with Crippen molar-refractivity contribution in [2.45, 2.75) is 6.92 Å². The van der Waals surface area contributed by atoms with Gasteiger partial charge in [-0.25, -0.2) is 0 Å². The standard InChI is InChI=1S/C27H24N2O7/c1-16(10-27(30)28-23-9-8-18(29(31)32)12-26(23)35-4)20-13-21-22(15-36-25(21)14-24(20)34-3)17-6-5-7-19(11-17)33-2/h5-15H,1-4H3,(H,28,30)/b16-10+. The molecule has 9 heteroatoms. The predicted octanol–water partition coefficient (Wildman–Crippen LogP) is 6.08. The summed E-state index contributed by atoms with van der Waals surface area (Å²) in [5.74, 6) is 1.03. The second-order valence-corrected chi connectivity index (χ2v) is 7.89. The summed E-state index contributed by atoms with van der Waals surface area (Å²) in [4.78, 5) is 23.3. The van der Waals surface area contributed by atoms with E-state index in [9.17, 15) is 14.9 Å². The number of rotatable bonds is 8. The molecule has 9 nitrogen and oxygen atoms in total. The van der Waals surface area contributed by atoms with Crippen LogP contribution in [0.25, 0.3) is 27.7 Å². The van der Waals surface area contributed by atoms with Gasteiger partial charge in [-0.3, -0.25) is 14.9 Å². The largest absolute Gasteiger partial charge is 0.497 e. The van der Waals surface area contributed by atoms with Crippen molar-refractivity contribution in [2.24, 2.45) is 0 Å². The Hall–Kier alpha value is -4.79. The van der Waals surface area contributed by atoms with E-state index in [4.69, 9.17) is 18.6 Å². The van der Waals surface area contributed by atoms with Crippen LogP contribution in [0.1, 0.15) is 12.5 Å². The number of allylic oxidation sites excluding steroid dienone is 1. The number of methoxy groups -OCH3 is 3. The van der Waals surface area contributed by atoms with Gasteiger partial charge in [0.25, 0.3) is 5.69 Å². The lowest BCUT2D eigenvalue weighted by Crippen LogP contribution is -2.10. The van der Waals surface area contributed by atoms with Crippen molar-refractivity contribution < 1.29 is 28.3 Å². The number of carbonyl (C=O) groups is 1. The molecule has 4 aromatic rings. The molecule has 1 N–H and O–H groups in total. The Morgan fingerprint density at radius 2 is 1.78 bits per heavy atom. The van der Waals surface area contributed by atoms with Crippen LogP contribution in [-0.4, -0.2) is 32.2 Å². The molecule has 0 saturated heterocycles. The Kier molecular flexibility index (Phi) is 6.91. The van der Waals surface area contributed by atoms with Gasteiger partial charge in [0.05, 0.1) is 44.3 Å². The molecular formula is C27H24N2O7. The number of nitrogens with one attached hydrogen (secondary N) is 1. The number of furan rings is 1. The summed E-state index contributed by atoms with van der Waals surface area (Å²) in [6.07, 6.45) is 3.10. The molecule has 0 aliphatic carbocycles. The maximum Gasteiger partial charge on any atom is 0.273 e. The fourth-order valence-corrected chi connectivity index (χ4v) is 3.89. The normalized spacial score (nSPS) is 11.3. The van der Waals surface area contributed by atoms with Gasteiger partial charge in [0.2, 0.25) is 5.91 Å². The number of hydrogen-bond donors (Lipinski definition) is 1. The van der Waals surface area contributed by atoms with E-state index in [0.29, 0.717) is 28.2 Å². The van der Waals surface area contributed by atoms with Gasteiger partial charge in [-0.1, -0.05) is 12.1 Å². The maximum atomic E-state index is 12.8. The van der Waals surface area contributed by atoms with E-state index in [0.717, 1.165) is 22.3 Å². The van der Waals surface area contributed by atoms with Crippen LogP contribution in [0.15, 0.2) is 71.4 Å². The zero-order valence-electron chi connectivity index (χ0n) is 20.2. The smallest absolute Gasteiger partial charge is 0.273 e. The molecule has 0 aliphatic rings. The van der Waals surface area contributed by atoms with Crippen LogP contribution < -0.4 is 19.5 Å². The third-order valence-electron chi connectivity index (χ3n) is 5.70. The van der Waals surface area contributed by atoms with Gasteiger partial charge in [-0.05, 0) is 42.3 Å². The van der Waals surface area contributed by atoms with Crippen LogP contribution in [-0.2, 0) is 4.79 Å². The fraction of sp³-hybridized carbons (Fsp3) is 0.148. The summed E-state index contributed by atoms with van der Waals surface area (Å²) >= 11 is 0. The highest BCUT2D eigenvalue weighted by atomic mass is 16.6. The minimum atomic E-state index is -0.532. The van der Waals surface area contributed by atoms with Gasteiger partial charge in [0, 0.05) is 34.7 Å². The number of hydrogen-bond acceptors (Lipinski definition) is 7. The summed E-state index contributed by atoms with van der Waals surface area (Å²) in [5.41, 5.74) is 3.97. The van der Waals surface area contributed by atoms with Crippen LogP contribution in [0.3, 0.4) is 0 Å². The molecule has 0 radical (unpaired) electrons. The fourth-order valence-electron chi connectivity index (χ4n) is 3.89. The molecule has 4 rings (SSSR count). The van der Waals surface area contributed by atoms with Crippen LogP contribution >= 0.6 is 0 Å². The number of benzene rings is 3. The first-order valence-electron chi connectivity index (χ1n) is 10.9. The third-order valence-corrected chi connectivity index (χ3v) is 5.70. The maximum absolute atomic E-state index is 12.8. The lowest BCUT2D eigenvalue weighted by atomic mass is 9.99.